The Balaban J connectivity index is 4.13. The van der Waals surface area contributed by atoms with Crippen LogP contribution >= 0.6 is 11.8 Å². The number of amides is 2. The maximum absolute atomic E-state index is 12.0. The fourth-order valence-corrected chi connectivity index (χ4v) is 2.24. The van der Waals surface area contributed by atoms with E-state index < -0.39 is 11.5 Å². The molecule has 0 fully saturated rings. The number of thioether (sulfide) groups is 1. The Kier molecular flexibility index (Phi) is 8.63. The monoisotopic (exact) mass is 290 g/mol. The molecule has 0 atom stereocenters. The lowest BCUT2D eigenvalue weighted by molar-refractivity contribution is -0.147. The molecular weight excluding hydrogens is 264 g/mol. The number of urea groups is 1. The Morgan fingerprint density at radius 2 is 1.89 bits per heavy atom. The molecule has 0 bridgehead atoms. The van der Waals surface area contributed by atoms with E-state index in [9.17, 15) is 9.59 Å². The molecule has 0 spiro atoms. The van der Waals surface area contributed by atoms with Gasteiger partial charge in [0.25, 0.3) is 0 Å². The second-order valence-corrected chi connectivity index (χ2v) is 5.88. The first-order chi connectivity index (χ1) is 8.87. The highest BCUT2D eigenvalue weighted by molar-refractivity contribution is 7.98. The number of aliphatic carboxylic acids is 1. The van der Waals surface area contributed by atoms with E-state index in [1.54, 1.807) is 6.92 Å². The summed E-state index contributed by atoms with van der Waals surface area (Å²) in [5.74, 6) is 0.144. The van der Waals surface area contributed by atoms with Gasteiger partial charge in [-0.25, -0.2) is 9.59 Å². The summed E-state index contributed by atoms with van der Waals surface area (Å²) >= 11 is 1.82. The normalized spacial score (nSPS) is 11.2. The van der Waals surface area contributed by atoms with E-state index in [0.717, 1.165) is 25.0 Å². The van der Waals surface area contributed by atoms with Gasteiger partial charge in [-0.2, -0.15) is 11.8 Å². The van der Waals surface area contributed by atoms with E-state index in [2.05, 4.69) is 11.6 Å². The minimum atomic E-state index is -1.18. The first kappa shape index (κ1) is 18.1. The van der Waals surface area contributed by atoms with Crippen molar-refractivity contribution in [1.29, 1.82) is 0 Å². The molecule has 2 N–H and O–H groups in total. The minimum absolute atomic E-state index is 0.306. The van der Waals surface area contributed by atoms with Gasteiger partial charge in [-0.05, 0) is 45.6 Å². The molecule has 0 radical (unpaired) electrons. The van der Waals surface area contributed by atoms with Crippen molar-refractivity contribution in [3.63, 3.8) is 0 Å². The van der Waals surface area contributed by atoms with Crippen molar-refractivity contribution in [3.05, 3.63) is 0 Å². The molecule has 112 valence electrons. The molecule has 0 saturated heterocycles. The summed E-state index contributed by atoms with van der Waals surface area (Å²) in [7, 11) is 0. The van der Waals surface area contributed by atoms with E-state index in [0.29, 0.717) is 13.1 Å². The van der Waals surface area contributed by atoms with Gasteiger partial charge in [-0.15, -0.1) is 0 Å². The predicted molar refractivity (Wildman–Crippen MR) is 79.7 cm³/mol. The second-order valence-electron chi connectivity index (χ2n) is 4.89. The van der Waals surface area contributed by atoms with Crippen LogP contribution in [0.2, 0.25) is 0 Å². The molecule has 0 saturated carbocycles. The highest BCUT2D eigenvalue weighted by Gasteiger charge is 2.36. The van der Waals surface area contributed by atoms with Gasteiger partial charge in [-0.1, -0.05) is 6.42 Å². The first-order valence-electron chi connectivity index (χ1n) is 6.65. The molecule has 0 aliphatic rings. The Bertz CT molecular complexity index is 296. The molecule has 0 aliphatic carbocycles. The Morgan fingerprint density at radius 3 is 2.37 bits per heavy atom. The molecule has 6 heteroatoms. The molecule has 2 amide bonds. The van der Waals surface area contributed by atoms with Crippen molar-refractivity contribution in [2.45, 2.75) is 45.6 Å². The number of carbonyl (C=O) groups is 2. The SMILES string of the molecule is CCN(C(=O)NCCCCCSC)C(C)(C)C(=O)O. The molecule has 0 rings (SSSR count). The standard InChI is InChI=1S/C13H26N2O3S/c1-5-15(13(2,3)11(16)17)12(18)14-9-7-6-8-10-19-4/h5-10H2,1-4H3,(H,14,18)(H,16,17). The average molecular weight is 290 g/mol. The van der Waals surface area contributed by atoms with Gasteiger partial charge in [0, 0.05) is 13.1 Å². The number of carboxylic acid groups (broad SMARTS) is 1. The van der Waals surface area contributed by atoms with Gasteiger partial charge >= 0.3 is 12.0 Å². The lowest BCUT2D eigenvalue weighted by atomic mass is 10.0. The quantitative estimate of drug-likeness (QED) is 0.640. The molecule has 0 heterocycles. The highest BCUT2D eigenvalue weighted by Crippen LogP contribution is 2.14. The van der Waals surface area contributed by atoms with Gasteiger partial charge < -0.3 is 15.3 Å². The third-order valence-electron chi connectivity index (χ3n) is 3.06. The number of hydrogen-bond donors (Lipinski definition) is 2. The van der Waals surface area contributed by atoms with Crippen LogP contribution in [0, 0.1) is 0 Å². The van der Waals surface area contributed by atoms with Crippen LogP contribution < -0.4 is 5.32 Å². The van der Waals surface area contributed by atoms with Crippen molar-refractivity contribution < 1.29 is 14.7 Å². The van der Waals surface area contributed by atoms with Crippen molar-refractivity contribution in [2.24, 2.45) is 0 Å². The van der Waals surface area contributed by atoms with Gasteiger partial charge in [0.1, 0.15) is 5.54 Å². The van der Waals surface area contributed by atoms with E-state index in [-0.39, 0.29) is 6.03 Å². The summed E-state index contributed by atoms with van der Waals surface area (Å²) in [6.07, 6.45) is 5.23. The Morgan fingerprint density at radius 1 is 1.26 bits per heavy atom. The maximum Gasteiger partial charge on any atom is 0.329 e. The molecule has 0 aromatic carbocycles. The van der Waals surface area contributed by atoms with E-state index >= 15 is 0 Å². The molecule has 0 aromatic rings. The van der Waals surface area contributed by atoms with Crippen LogP contribution in [0.5, 0.6) is 0 Å². The molecular formula is C13H26N2O3S. The number of nitrogens with zero attached hydrogens (tertiary/aromatic N) is 1. The fraction of sp³-hybridized carbons (Fsp3) is 0.846. The van der Waals surface area contributed by atoms with Crippen LogP contribution in [0.15, 0.2) is 0 Å². The number of likely N-dealkylation sites (N-methyl/N-ethyl adjacent to an activating group) is 1. The lowest BCUT2D eigenvalue weighted by Crippen LogP contribution is -2.56. The van der Waals surface area contributed by atoms with Crippen LogP contribution in [-0.4, -0.2) is 52.6 Å². The average Bonchev–Trinajstić information content (AvgIpc) is 2.34. The van der Waals surface area contributed by atoms with Crippen molar-refractivity contribution in [2.75, 3.05) is 25.1 Å². The van der Waals surface area contributed by atoms with Crippen molar-refractivity contribution in [3.8, 4) is 0 Å². The van der Waals surface area contributed by atoms with Crippen LogP contribution in [0.4, 0.5) is 4.79 Å². The lowest BCUT2D eigenvalue weighted by Gasteiger charge is -2.34. The van der Waals surface area contributed by atoms with E-state index in [1.807, 2.05) is 11.8 Å². The predicted octanol–water partition coefficient (Wildman–Crippen LogP) is 2.41. The van der Waals surface area contributed by atoms with Crippen LogP contribution in [0.25, 0.3) is 0 Å². The summed E-state index contributed by atoms with van der Waals surface area (Å²) in [4.78, 5) is 24.5. The van der Waals surface area contributed by atoms with Gasteiger partial charge in [-0.3, -0.25) is 0 Å². The van der Waals surface area contributed by atoms with Gasteiger partial charge in [0.2, 0.25) is 0 Å². The summed E-state index contributed by atoms with van der Waals surface area (Å²) in [5, 5.41) is 11.9. The summed E-state index contributed by atoms with van der Waals surface area (Å²) in [6.45, 7) is 5.83. The number of hydrogen-bond acceptors (Lipinski definition) is 3. The van der Waals surface area contributed by atoms with Crippen LogP contribution in [0.1, 0.15) is 40.0 Å². The molecule has 0 unspecified atom stereocenters. The Labute approximate surface area is 120 Å². The highest BCUT2D eigenvalue weighted by atomic mass is 32.2. The van der Waals surface area contributed by atoms with Gasteiger partial charge in [0.05, 0.1) is 0 Å². The Hall–Kier alpha value is -0.910. The first-order valence-corrected chi connectivity index (χ1v) is 8.05. The minimum Gasteiger partial charge on any atom is -0.480 e. The zero-order chi connectivity index (χ0) is 14.9. The summed E-state index contributed by atoms with van der Waals surface area (Å²) < 4.78 is 0. The summed E-state index contributed by atoms with van der Waals surface area (Å²) in [6, 6.07) is -0.306. The van der Waals surface area contributed by atoms with E-state index in [1.165, 1.54) is 18.7 Å². The number of rotatable bonds is 9. The van der Waals surface area contributed by atoms with Gasteiger partial charge in [0.15, 0.2) is 0 Å². The zero-order valence-electron chi connectivity index (χ0n) is 12.4. The molecule has 0 aliphatic heterocycles. The van der Waals surface area contributed by atoms with Crippen molar-refractivity contribution in [1.82, 2.24) is 10.2 Å². The fourth-order valence-electron chi connectivity index (χ4n) is 1.75. The number of nitrogens with one attached hydrogen (secondary N) is 1. The number of carboxylic acids is 1. The van der Waals surface area contributed by atoms with Crippen LogP contribution in [-0.2, 0) is 4.79 Å². The molecule has 19 heavy (non-hydrogen) atoms. The van der Waals surface area contributed by atoms with Crippen molar-refractivity contribution >= 4 is 23.8 Å². The molecule has 0 aromatic heterocycles. The third kappa shape index (κ3) is 6.18. The largest absolute Gasteiger partial charge is 0.480 e. The smallest absolute Gasteiger partial charge is 0.329 e. The third-order valence-corrected chi connectivity index (χ3v) is 3.76. The number of unbranched alkanes of at least 4 members (excludes halogenated alkanes) is 2. The topological polar surface area (TPSA) is 69.6 Å². The summed E-state index contributed by atoms with van der Waals surface area (Å²) in [5.41, 5.74) is -1.18. The maximum atomic E-state index is 12.0. The second kappa shape index (κ2) is 9.07. The molecule has 5 nitrogen and oxygen atoms in total. The van der Waals surface area contributed by atoms with Crippen LogP contribution in [0.3, 0.4) is 0 Å². The number of carbonyl (C=O) groups excluding carboxylic acids is 1. The zero-order valence-corrected chi connectivity index (χ0v) is 13.2. The van der Waals surface area contributed by atoms with E-state index in [4.69, 9.17) is 5.11 Å².